The number of fused-ring (bicyclic) bond motifs is 12. The summed E-state index contributed by atoms with van der Waals surface area (Å²) in [7, 11) is 0. The first-order valence-electron chi connectivity index (χ1n) is 28.0. The Hall–Kier alpha value is -8.88. The molecule has 0 radical (unpaired) electrons. The number of rotatable bonds is 11. The second-order valence-electron chi connectivity index (χ2n) is 22.1. The molecule has 12 aromatic carbocycles. The van der Waals surface area contributed by atoms with Gasteiger partial charge in [0.15, 0.2) is 0 Å². The Kier molecular flexibility index (Phi) is 11.6. The van der Waals surface area contributed by atoms with E-state index in [1.54, 1.807) is 0 Å². The van der Waals surface area contributed by atoms with Crippen LogP contribution in [0.3, 0.4) is 0 Å². The monoisotopic (exact) mass is 999 g/mol. The van der Waals surface area contributed by atoms with Crippen LogP contribution in [0.2, 0.25) is 0 Å². The van der Waals surface area contributed by atoms with Gasteiger partial charge in [0, 0.05) is 11.5 Å². The van der Waals surface area contributed by atoms with Crippen molar-refractivity contribution in [3.63, 3.8) is 0 Å². The normalized spacial score (nSPS) is 13.9. The van der Waals surface area contributed by atoms with Crippen molar-refractivity contribution in [2.24, 2.45) is 5.73 Å². The van der Waals surface area contributed by atoms with Gasteiger partial charge in [-0.2, -0.15) is 0 Å². The summed E-state index contributed by atoms with van der Waals surface area (Å²) in [6, 6.07) is 98.3. The lowest BCUT2D eigenvalue weighted by atomic mass is 9.69. The van der Waals surface area contributed by atoms with Crippen molar-refractivity contribution < 1.29 is 0 Å². The minimum Gasteiger partial charge on any atom is -0.322 e. The first-order chi connectivity index (χ1) is 38.4. The van der Waals surface area contributed by atoms with E-state index in [1.807, 2.05) is 0 Å². The topological polar surface area (TPSA) is 26.0 Å². The molecule has 2 aliphatic carbocycles. The zero-order chi connectivity index (χ0) is 52.5. The van der Waals surface area contributed by atoms with Crippen molar-refractivity contribution in [1.29, 1.82) is 0 Å². The largest absolute Gasteiger partial charge is 0.322 e. The van der Waals surface area contributed by atoms with E-state index in [4.69, 9.17) is 5.73 Å². The molecule has 12 aromatic rings. The Labute approximate surface area is 459 Å². The van der Waals surface area contributed by atoms with E-state index in [2.05, 4.69) is 282 Å². The quantitative estimate of drug-likeness (QED) is 0.128. The summed E-state index contributed by atoms with van der Waals surface area (Å²) in [6.45, 7) is 6.71. The predicted octanol–water partition coefficient (Wildman–Crippen LogP) is 20.2. The zero-order valence-electron chi connectivity index (χ0n) is 44.6. The van der Waals surface area contributed by atoms with Crippen LogP contribution in [0, 0.1) is 0 Å². The highest BCUT2D eigenvalue weighted by Gasteiger charge is 2.52. The molecule has 374 valence electrons. The fourth-order valence-corrected chi connectivity index (χ4v) is 14.0. The molecule has 14 rings (SSSR count). The highest BCUT2D eigenvalue weighted by Crippen LogP contribution is 2.63. The number of benzene rings is 12. The Balaban J connectivity index is 0.869. The van der Waals surface area contributed by atoms with Crippen molar-refractivity contribution in [3.8, 4) is 77.9 Å². The molecule has 2 atom stereocenters. The molecule has 0 fully saturated rings. The fraction of sp³-hybridized carbons (Fsp3) is 0.117. The lowest BCUT2D eigenvalue weighted by Crippen LogP contribution is -2.32. The SMILES string of the molecule is CCCC(C)(N)c1ccc(-c2ccc3c(c2)C2(c4ccccc4-c4ccccc42)c2cc(C(CC)c4cccc(-c5cccc(-c6c7ccccc7c(-c7ccccc7-c7ccccc7)c7ccccc67)c5)c4)ccc2-3)cc1. The minimum absolute atomic E-state index is 0.181. The molecular weight excluding hydrogens is 939 g/mol. The lowest BCUT2D eigenvalue weighted by Gasteiger charge is -2.31. The van der Waals surface area contributed by atoms with Crippen molar-refractivity contribution >= 4 is 21.5 Å². The van der Waals surface area contributed by atoms with Gasteiger partial charge in [0.1, 0.15) is 0 Å². The first kappa shape index (κ1) is 47.6. The van der Waals surface area contributed by atoms with E-state index < -0.39 is 5.41 Å². The molecule has 78 heavy (non-hydrogen) atoms. The summed E-state index contributed by atoms with van der Waals surface area (Å²) in [5.74, 6) is 0.181. The third kappa shape index (κ3) is 7.48. The standard InChI is InChI=1S/C77H61N/c1-4-45-76(3,78)58-41-37-50(38-42-58)54-39-43-63-64-44-40-56(49-73(64)77(72(63)48-54)70-35-17-15-28-61(70)62-29-16-18-36-71(62)77)59(5-2)55-25-19-23-52(46-55)53-24-20-26-57(47-53)74-66-31-11-13-33-68(66)75(69-34-14-12-32-67(69)74)65-30-10-9-27-60(65)51-21-7-6-8-22-51/h6-44,46-49,59H,4-5,45,78H2,1-3H3. The molecule has 0 saturated carbocycles. The summed E-state index contributed by atoms with van der Waals surface area (Å²) in [5.41, 5.74) is 32.9. The van der Waals surface area contributed by atoms with E-state index >= 15 is 0 Å². The Morgan fingerprint density at radius 1 is 0.346 bits per heavy atom. The molecule has 0 amide bonds. The van der Waals surface area contributed by atoms with Crippen molar-refractivity contribution in [3.05, 3.63) is 300 Å². The van der Waals surface area contributed by atoms with Crippen molar-refractivity contribution in [2.45, 2.75) is 56.9 Å². The molecular formula is C77H61N. The Morgan fingerprint density at radius 3 is 1.45 bits per heavy atom. The highest BCUT2D eigenvalue weighted by molar-refractivity contribution is 6.22. The van der Waals surface area contributed by atoms with Gasteiger partial charge in [-0.3, -0.25) is 0 Å². The van der Waals surface area contributed by atoms with Crippen LogP contribution in [0.15, 0.2) is 261 Å². The number of hydrogen-bond acceptors (Lipinski definition) is 1. The van der Waals surface area contributed by atoms with Crippen molar-refractivity contribution in [2.75, 3.05) is 0 Å². The van der Waals surface area contributed by atoms with E-state index in [0.29, 0.717) is 0 Å². The highest BCUT2D eigenvalue weighted by atomic mass is 14.7. The number of nitrogens with two attached hydrogens (primary N) is 1. The van der Waals surface area contributed by atoms with Crippen LogP contribution in [-0.2, 0) is 11.0 Å². The molecule has 0 aliphatic heterocycles. The molecule has 2 N–H and O–H groups in total. The third-order valence-electron chi connectivity index (χ3n) is 17.6. The van der Waals surface area contributed by atoms with Gasteiger partial charge in [0.25, 0.3) is 0 Å². The van der Waals surface area contributed by atoms with Crippen molar-refractivity contribution in [1.82, 2.24) is 0 Å². The average Bonchev–Trinajstić information content (AvgIpc) is 3.05. The van der Waals surface area contributed by atoms with Crippen LogP contribution in [0.5, 0.6) is 0 Å². The van der Waals surface area contributed by atoms with Crippen LogP contribution >= 0.6 is 0 Å². The molecule has 0 heterocycles. The molecule has 2 unspecified atom stereocenters. The summed E-state index contributed by atoms with van der Waals surface area (Å²) in [4.78, 5) is 0. The molecule has 0 bridgehead atoms. The zero-order valence-corrected chi connectivity index (χ0v) is 44.6. The summed E-state index contributed by atoms with van der Waals surface area (Å²) in [6.07, 6.45) is 2.96. The molecule has 2 aliphatic rings. The molecule has 1 spiro atoms. The smallest absolute Gasteiger partial charge is 0.0725 e. The van der Waals surface area contributed by atoms with E-state index in [9.17, 15) is 0 Å². The third-order valence-corrected chi connectivity index (χ3v) is 17.6. The maximum absolute atomic E-state index is 6.83. The summed E-state index contributed by atoms with van der Waals surface area (Å²) in [5, 5.41) is 5.01. The van der Waals surface area contributed by atoms with Gasteiger partial charge in [0.05, 0.1) is 5.41 Å². The maximum atomic E-state index is 6.83. The van der Waals surface area contributed by atoms with Gasteiger partial charge in [-0.25, -0.2) is 0 Å². The Morgan fingerprint density at radius 2 is 0.808 bits per heavy atom. The summed E-state index contributed by atoms with van der Waals surface area (Å²) >= 11 is 0. The van der Waals surface area contributed by atoms with Crippen LogP contribution < -0.4 is 5.73 Å². The van der Waals surface area contributed by atoms with Crippen LogP contribution in [0.1, 0.15) is 84.9 Å². The fourth-order valence-electron chi connectivity index (χ4n) is 14.0. The van der Waals surface area contributed by atoms with Crippen LogP contribution in [-0.4, -0.2) is 0 Å². The van der Waals surface area contributed by atoms with Gasteiger partial charge in [0.2, 0.25) is 0 Å². The maximum Gasteiger partial charge on any atom is 0.0725 e. The van der Waals surface area contributed by atoms with E-state index in [0.717, 1.165) is 19.3 Å². The second kappa shape index (κ2) is 19.0. The van der Waals surface area contributed by atoms with Gasteiger partial charge in [-0.05, 0) is 170 Å². The average molecular weight is 1000 g/mol. The minimum atomic E-state index is -0.473. The van der Waals surface area contributed by atoms with Crippen LogP contribution in [0.4, 0.5) is 0 Å². The van der Waals surface area contributed by atoms with Gasteiger partial charge < -0.3 is 5.73 Å². The van der Waals surface area contributed by atoms with Crippen LogP contribution in [0.25, 0.3) is 99.4 Å². The second-order valence-corrected chi connectivity index (χ2v) is 22.1. The number of hydrogen-bond donors (Lipinski definition) is 1. The summed E-state index contributed by atoms with van der Waals surface area (Å²) < 4.78 is 0. The predicted molar refractivity (Wildman–Crippen MR) is 330 cm³/mol. The Bertz CT molecular complexity index is 4190. The van der Waals surface area contributed by atoms with Gasteiger partial charge >= 0.3 is 0 Å². The molecule has 0 aromatic heterocycles. The van der Waals surface area contributed by atoms with Gasteiger partial charge in [-0.1, -0.05) is 269 Å². The van der Waals surface area contributed by atoms with E-state index in [-0.39, 0.29) is 11.5 Å². The molecule has 1 nitrogen and oxygen atoms in total. The lowest BCUT2D eigenvalue weighted by molar-refractivity contribution is 0.447. The molecule has 0 saturated heterocycles. The molecule has 1 heteroatoms. The van der Waals surface area contributed by atoms with E-state index in [1.165, 1.54) is 138 Å². The van der Waals surface area contributed by atoms with Gasteiger partial charge in [-0.15, -0.1) is 0 Å². The first-order valence-corrected chi connectivity index (χ1v) is 28.0.